The smallest absolute Gasteiger partial charge is 0.0453 e. The Morgan fingerprint density at radius 1 is 1.00 bits per heavy atom. The SMILES string of the molecule is C[C@H](NCc1cc(Cl)ccc1Cl)c1ccccc1Cl. The summed E-state index contributed by atoms with van der Waals surface area (Å²) in [5.74, 6) is 0. The van der Waals surface area contributed by atoms with Crippen LogP contribution in [0.3, 0.4) is 0 Å². The molecule has 0 aliphatic heterocycles. The highest BCUT2D eigenvalue weighted by Gasteiger charge is 2.09. The molecule has 0 aromatic heterocycles. The third-order valence-corrected chi connectivity index (χ3v) is 3.93. The van der Waals surface area contributed by atoms with Gasteiger partial charge in [-0.25, -0.2) is 0 Å². The fourth-order valence-electron chi connectivity index (χ4n) is 1.88. The summed E-state index contributed by atoms with van der Waals surface area (Å²) in [6.45, 7) is 2.71. The summed E-state index contributed by atoms with van der Waals surface area (Å²) in [6.07, 6.45) is 0. The van der Waals surface area contributed by atoms with Gasteiger partial charge in [-0.3, -0.25) is 0 Å². The Kier molecular flexibility index (Phi) is 5.12. The quantitative estimate of drug-likeness (QED) is 0.786. The minimum atomic E-state index is 0.142. The van der Waals surface area contributed by atoms with Gasteiger partial charge in [-0.1, -0.05) is 53.0 Å². The molecule has 2 aromatic carbocycles. The summed E-state index contributed by atoms with van der Waals surface area (Å²) in [4.78, 5) is 0. The van der Waals surface area contributed by atoms with Crippen molar-refractivity contribution in [2.24, 2.45) is 0 Å². The van der Waals surface area contributed by atoms with E-state index in [1.807, 2.05) is 30.3 Å². The zero-order valence-corrected chi connectivity index (χ0v) is 12.7. The van der Waals surface area contributed by atoms with E-state index in [4.69, 9.17) is 34.8 Å². The molecule has 1 N–H and O–H groups in total. The molecule has 19 heavy (non-hydrogen) atoms. The highest BCUT2D eigenvalue weighted by Crippen LogP contribution is 2.24. The van der Waals surface area contributed by atoms with Gasteiger partial charge in [0, 0.05) is 27.7 Å². The van der Waals surface area contributed by atoms with E-state index in [1.54, 1.807) is 12.1 Å². The van der Waals surface area contributed by atoms with Crippen LogP contribution in [-0.2, 0) is 6.54 Å². The third-order valence-electron chi connectivity index (χ3n) is 2.98. The molecular weight excluding hydrogens is 301 g/mol. The predicted octanol–water partition coefficient (Wildman–Crippen LogP) is 5.50. The van der Waals surface area contributed by atoms with Gasteiger partial charge >= 0.3 is 0 Å². The van der Waals surface area contributed by atoms with E-state index in [0.29, 0.717) is 16.6 Å². The average Bonchev–Trinajstić information content (AvgIpc) is 2.40. The van der Waals surface area contributed by atoms with Gasteiger partial charge in [0.2, 0.25) is 0 Å². The number of benzene rings is 2. The van der Waals surface area contributed by atoms with E-state index in [2.05, 4.69) is 12.2 Å². The molecule has 0 fully saturated rings. The fourth-order valence-corrected chi connectivity index (χ4v) is 2.56. The molecule has 1 atom stereocenters. The van der Waals surface area contributed by atoms with Gasteiger partial charge in [-0.2, -0.15) is 0 Å². The molecule has 0 radical (unpaired) electrons. The summed E-state index contributed by atoms with van der Waals surface area (Å²) >= 11 is 18.3. The molecule has 0 saturated carbocycles. The highest BCUT2D eigenvalue weighted by atomic mass is 35.5. The van der Waals surface area contributed by atoms with Crippen LogP contribution < -0.4 is 5.32 Å². The Hall–Kier alpha value is -0.730. The van der Waals surface area contributed by atoms with Gasteiger partial charge in [0.25, 0.3) is 0 Å². The number of hydrogen-bond donors (Lipinski definition) is 1. The largest absolute Gasteiger partial charge is 0.306 e. The summed E-state index contributed by atoms with van der Waals surface area (Å²) in [6, 6.07) is 13.4. The zero-order valence-electron chi connectivity index (χ0n) is 10.5. The lowest BCUT2D eigenvalue weighted by Gasteiger charge is -2.16. The Morgan fingerprint density at radius 2 is 1.74 bits per heavy atom. The Bertz CT molecular complexity index is 569. The lowest BCUT2D eigenvalue weighted by Crippen LogP contribution is -2.18. The van der Waals surface area contributed by atoms with Crippen LogP contribution >= 0.6 is 34.8 Å². The normalized spacial score (nSPS) is 12.4. The second kappa shape index (κ2) is 6.62. The Morgan fingerprint density at radius 3 is 2.47 bits per heavy atom. The van der Waals surface area contributed by atoms with E-state index >= 15 is 0 Å². The second-order valence-electron chi connectivity index (χ2n) is 4.36. The average molecular weight is 315 g/mol. The first-order valence-electron chi connectivity index (χ1n) is 5.99. The van der Waals surface area contributed by atoms with Gasteiger partial charge in [-0.15, -0.1) is 0 Å². The lowest BCUT2D eigenvalue weighted by molar-refractivity contribution is 0.575. The van der Waals surface area contributed by atoms with E-state index in [1.165, 1.54) is 0 Å². The number of hydrogen-bond acceptors (Lipinski definition) is 1. The van der Waals surface area contributed by atoms with Crippen molar-refractivity contribution in [2.45, 2.75) is 19.5 Å². The molecule has 4 heteroatoms. The van der Waals surface area contributed by atoms with Crippen LogP contribution in [0.1, 0.15) is 24.1 Å². The second-order valence-corrected chi connectivity index (χ2v) is 5.61. The molecule has 0 saturated heterocycles. The predicted molar refractivity (Wildman–Crippen MR) is 83.2 cm³/mol. The summed E-state index contributed by atoms with van der Waals surface area (Å²) < 4.78 is 0. The third kappa shape index (κ3) is 3.87. The van der Waals surface area contributed by atoms with E-state index in [0.717, 1.165) is 16.1 Å². The van der Waals surface area contributed by atoms with Crippen molar-refractivity contribution in [2.75, 3.05) is 0 Å². The molecule has 0 aliphatic rings. The topological polar surface area (TPSA) is 12.0 Å². The summed E-state index contributed by atoms with van der Waals surface area (Å²) in [5, 5.41) is 5.56. The van der Waals surface area contributed by atoms with E-state index in [-0.39, 0.29) is 6.04 Å². The van der Waals surface area contributed by atoms with Crippen molar-refractivity contribution in [3.8, 4) is 0 Å². The van der Waals surface area contributed by atoms with Crippen molar-refractivity contribution in [1.82, 2.24) is 5.32 Å². The fraction of sp³-hybridized carbons (Fsp3) is 0.200. The molecule has 0 unspecified atom stereocenters. The molecule has 0 spiro atoms. The van der Waals surface area contributed by atoms with Crippen LogP contribution in [0.4, 0.5) is 0 Å². The number of rotatable bonds is 4. The maximum Gasteiger partial charge on any atom is 0.0453 e. The van der Waals surface area contributed by atoms with Crippen molar-refractivity contribution < 1.29 is 0 Å². The highest BCUT2D eigenvalue weighted by molar-refractivity contribution is 6.33. The first kappa shape index (κ1) is 14.7. The molecule has 2 rings (SSSR count). The van der Waals surface area contributed by atoms with Gasteiger partial charge < -0.3 is 5.32 Å². The maximum atomic E-state index is 6.17. The molecule has 0 heterocycles. The molecule has 0 amide bonds. The van der Waals surface area contributed by atoms with Crippen molar-refractivity contribution in [3.63, 3.8) is 0 Å². The van der Waals surface area contributed by atoms with Crippen LogP contribution in [0, 0.1) is 0 Å². The molecule has 1 nitrogen and oxygen atoms in total. The molecule has 100 valence electrons. The maximum absolute atomic E-state index is 6.17. The minimum absolute atomic E-state index is 0.142. The van der Waals surface area contributed by atoms with Crippen molar-refractivity contribution in [3.05, 3.63) is 68.7 Å². The lowest BCUT2D eigenvalue weighted by atomic mass is 10.1. The molecule has 0 bridgehead atoms. The van der Waals surface area contributed by atoms with Crippen LogP contribution in [0.25, 0.3) is 0 Å². The monoisotopic (exact) mass is 313 g/mol. The number of halogens is 3. The standard InChI is InChI=1S/C15H14Cl3N/c1-10(13-4-2-3-5-15(13)18)19-9-11-8-12(16)6-7-14(11)17/h2-8,10,19H,9H2,1H3/t10-/m0/s1. The van der Waals surface area contributed by atoms with Gasteiger partial charge in [0.1, 0.15) is 0 Å². The summed E-state index contributed by atoms with van der Waals surface area (Å²) in [7, 11) is 0. The Balaban J connectivity index is 2.06. The Labute approximate surface area is 128 Å². The molecule has 2 aromatic rings. The summed E-state index contributed by atoms with van der Waals surface area (Å²) in [5.41, 5.74) is 2.05. The van der Waals surface area contributed by atoms with Gasteiger partial charge in [0.05, 0.1) is 0 Å². The van der Waals surface area contributed by atoms with Gasteiger partial charge in [-0.05, 0) is 42.3 Å². The molecule has 0 aliphatic carbocycles. The van der Waals surface area contributed by atoms with Crippen molar-refractivity contribution in [1.29, 1.82) is 0 Å². The zero-order chi connectivity index (χ0) is 13.8. The number of nitrogens with one attached hydrogen (secondary N) is 1. The molecular formula is C15H14Cl3N. The van der Waals surface area contributed by atoms with Crippen LogP contribution in [-0.4, -0.2) is 0 Å². The van der Waals surface area contributed by atoms with Crippen LogP contribution in [0.2, 0.25) is 15.1 Å². The first-order valence-corrected chi connectivity index (χ1v) is 7.13. The van der Waals surface area contributed by atoms with Gasteiger partial charge in [0.15, 0.2) is 0 Å². The van der Waals surface area contributed by atoms with Crippen LogP contribution in [0.5, 0.6) is 0 Å². The van der Waals surface area contributed by atoms with Crippen molar-refractivity contribution >= 4 is 34.8 Å². The van der Waals surface area contributed by atoms with Crippen LogP contribution in [0.15, 0.2) is 42.5 Å². The first-order chi connectivity index (χ1) is 9.08. The van der Waals surface area contributed by atoms with E-state index in [9.17, 15) is 0 Å². The van der Waals surface area contributed by atoms with E-state index < -0.39 is 0 Å². The minimum Gasteiger partial charge on any atom is -0.306 e.